The Morgan fingerprint density at radius 1 is 1.38 bits per heavy atom. The molecule has 1 aromatic carbocycles. The highest BCUT2D eigenvalue weighted by Crippen LogP contribution is 2.26. The molecule has 0 aromatic heterocycles. The second kappa shape index (κ2) is 6.15. The Bertz CT molecular complexity index is 686. The highest BCUT2D eigenvalue weighted by atomic mass is 79.9. The summed E-state index contributed by atoms with van der Waals surface area (Å²) in [4.78, 5) is 22.7. The van der Waals surface area contributed by atoms with Crippen molar-refractivity contribution in [3.63, 3.8) is 0 Å². The minimum absolute atomic E-state index is 0.0551. The van der Waals surface area contributed by atoms with Gasteiger partial charge in [0.05, 0.1) is 22.8 Å². The number of carboxylic acid groups (broad SMARTS) is 1. The van der Waals surface area contributed by atoms with Crippen molar-refractivity contribution in [1.29, 1.82) is 0 Å². The zero-order valence-corrected chi connectivity index (χ0v) is 13.4. The molecule has 1 fully saturated rings. The van der Waals surface area contributed by atoms with E-state index in [1.54, 1.807) is 0 Å². The van der Waals surface area contributed by atoms with Gasteiger partial charge in [-0.1, -0.05) is 0 Å². The largest absolute Gasteiger partial charge is 0.478 e. The van der Waals surface area contributed by atoms with Gasteiger partial charge in [-0.2, -0.15) is 0 Å². The monoisotopic (exact) mass is 375 g/mol. The number of hydrogen-bond acceptors (Lipinski definition) is 4. The van der Waals surface area contributed by atoms with Crippen molar-refractivity contribution in [3.8, 4) is 0 Å². The summed E-state index contributed by atoms with van der Waals surface area (Å²) in [5, 5.41) is 11.5. The van der Waals surface area contributed by atoms with Gasteiger partial charge in [0, 0.05) is 10.9 Å². The van der Waals surface area contributed by atoms with E-state index in [-0.39, 0.29) is 35.3 Å². The second-order valence-electron chi connectivity index (χ2n) is 5.02. The average molecular weight is 376 g/mol. The predicted molar refractivity (Wildman–Crippen MR) is 81.1 cm³/mol. The molecule has 1 unspecified atom stereocenters. The molecular weight excluding hydrogens is 362 g/mol. The molecule has 1 aromatic rings. The maximum atomic E-state index is 11.9. The molecule has 1 heterocycles. The van der Waals surface area contributed by atoms with Crippen LogP contribution in [0.15, 0.2) is 22.7 Å². The fraction of sp³-hybridized carbons (Fsp3) is 0.385. The third kappa shape index (κ3) is 4.28. The molecule has 0 aliphatic carbocycles. The van der Waals surface area contributed by atoms with Crippen LogP contribution < -0.4 is 5.32 Å². The van der Waals surface area contributed by atoms with Gasteiger partial charge >= 0.3 is 5.97 Å². The van der Waals surface area contributed by atoms with Crippen LogP contribution in [0.5, 0.6) is 0 Å². The number of hydrogen-bond donors (Lipinski definition) is 2. The number of carbonyl (C=O) groups excluding carboxylic acids is 1. The van der Waals surface area contributed by atoms with Crippen LogP contribution in [0.2, 0.25) is 0 Å². The number of sulfone groups is 1. The first kappa shape index (κ1) is 16.0. The van der Waals surface area contributed by atoms with Gasteiger partial charge < -0.3 is 10.4 Å². The zero-order chi connectivity index (χ0) is 15.6. The number of carboxylic acids is 1. The molecule has 1 saturated heterocycles. The van der Waals surface area contributed by atoms with Gasteiger partial charge in [0.1, 0.15) is 0 Å². The minimum Gasteiger partial charge on any atom is -0.478 e. The van der Waals surface area contributed by atoms with Gasteiger partial charge in [0.2, 0.25) is 5.91 Å². The van der Waals surface area contributed by atoms with Crippen LogP contribution in [0.1, 0.15) is 23.2 Å². The quantitative estimate of drug-likeness (QED) is 0.836. The van der Waals surface area contributed by atoms with Crippen LogP contribution in [-0.2, 0) is 14.6 Å². The van der Waals surface area contributed by atoms with E-state index in [1.807, 2.05) is 0 Å². The van der Waals surface area contributed by atoms with Crippen LogP contribution in [0.4, 0.5) is 5.69 Å². The summed E-state index contributed by atoms with van der Waals surface area (Å²) in [5.74, 6) is -1.28. The number of aromatic carboxylic acids is 1. The van der Waals surface area contributed by atoms with Crippen LogP contribution in [-0.4, -0.2) is 36.9 Å². The maximum absolute atomic E-state index is 11.9. The summed E-state index contributed by atoms with van der Waals surface area (Å²) >= 11 is 3.20. The van der Waals surface area contributed by atoms with Gasteiger partial charge in [-0.25, -0.2) is 13.2 Å². The van der Waals surface area contributed by atoms with E-state index in [4.69, 9.17) is 5.11 Å². The molecule has 2 N–H and O–H groups in total. The minimum atomic E-state index is -2.99. The van der Waals surface area contributed by atoms with E-state index in [1.165, 1.54) is 18.2 Å². The van der Waals surface area contributed by atoms with Crippen molar-refractivity contribution >= 4 is 43.3 Å². The molecular formula is C13H14BrNO5S. The molecule has 6 nitrogen and oxygen atoms in total. The lowest BCUT2D eigenvalue weighted by Crippen LogP contribution is -2.17. The fourth-order valence-corrected chi connectivity index (χ4v) is 4.59. The third-order valence-corrected chi connectivity index (χ3v) is 5.78. The lowest BCUT2D eigenvalue weighted by Gasteiger charge is -2.10. The van der Waals surface area contributed by atoms with E-state index in [2.05, 4.69) is 21.2 Å². The molecule has 114 valence electrons. The molecule has 1 aliphatic heterocycles. The molecule has 0 radical (unpaired) electrons. The van der Waals surface area contributed by atoms with Gasteiger partial charge in [0.25, 0.3) is 0 Å². The molecule has 0 spiro atoms. The number of carbonyl (C=O) groups is 2. The summed E-state index contributed by atoms with van der Waals surface area (Å²) in [6.07, 6.45) is 0.654. The van der Waals surface area contributed by atoms with Crippen LogP contribution >= 0.6 is 15.9 Å². The Morgan fingerprint density at radius 2 is 2.10 bits per heavy atom. The average Bonchev–Trinajstić information content (AvgIpc) is 2.70. The van der Waals surface area contributed by atoms with Crippen molar-refractivity contribution < 1.29 is 23.1 Å². The van der Waals surface area contributed by atoms with E-state index in [0.717, 1.165) is 0 Å². The van der Waals surface area contributed by atoms with E-state index in [9.17, 15) is 18.0 Å². The third-order valence-electron chi connectivity index (χ3n) is 3.29. The molecule has 1 amide bonds. The standard InChI is InChI=1S/C13H14BrNO5S/c14-10-6-9(13(17)18)1-2-11(10)15-12(16)5-8-3-4-21(19,20)7-8/h1-2,6,8H,3-5,7H2,(H,15,16)(H,17,18). The predicted octanol–water partition coefficient (Wildman–Crippen LogP) is 1.91. The first-order valence-corrected chi connectivity index (χ1v) is 8.91. The number of halogens is 1. The van der Waals surface area contributed by atoms with Gasteiger partial charge in [0.15, 0.2) is 9.84 Å². The summed E-state index contributed by atoms with van der Waals surface area (Å²) in [6, 6.07) is 4.29. The van der Waals surface area contributed by atoms with Gasteiger partial charge in [-0.05, 0) is 46.5 Å². The zero-order valence-electron chi connectivity index (χ0n) is 11.0. The Balaban J connectivity index is 1.98. The Kier molecular flexibility index (Phi) is 4.67. The number of nitrogens with one attached hydrogen (secondary N) is 1. The lowest BCUT2D eigenvalue weighted by molar-refractivity contribution is -0.116. The van der Waals surface area contributed by atoms with Crippen molar-refractivity contribution in [1.82, 2.24) is 0 Å². The highest BCUT2D eigenvalue weighted by Gasteiger charge is 2.29. The number of anilines is 1. The molecule has 1 atom stereocenters. The number of rotatable bonds is 4. The Labute approximate surface area is 130 Å². The molecule has 1 aliphatic rings. The normalized spacial score (nSPS) is 20.1. The topological polar surface area (TPSA) is 101 Å². The first-order chi connectivity index (χ1) is 9.77. The first-order valence-electron chi connectivity index (χ1n) is 6.30. The van der Waals surface area contributed by atoms with Crippen LogP contribution in [0, 0.1) is 5.92 Å². The van der Waals surface area contributed by atoms with E-state index < -0.39 is 15.8 Å². The summed E-state index contributed by atoms with van der Waals surface area (Å²) < 4.78 is 23.2. The van der Waals surface area contributed by atoms with E-state index >= 15 is 0 Å². The van der Waals surface area contributed by atoms with Gasteiger partial charge in [-0.15, -0.1) is 0 Å². The smallest absolute Gasteiger partial charge is 0.335 e. The van der Waals surface area contributed by atoms with Crippen LogP contribution in [0.3, 0.4) is 0 Å². The summed E-state index contributed by atoms with van der Waals surface area (Å²) in [5.41, 5.74) is 0.576. The summed E-state index contributed by atoms with van der Waals surface area (Å²) in [7, 11) is -2.99. The Hall–Kier alpha value is -1.41. The van der Waals surface area contributed by atoms with Gasteiger partial charge in [-0.3, -0.25) is 4.79 Å². The highest BCUT2D eigenvalue weighted by molar-refractivity contribution is 9.10. The SMILES string of the molecule is O=C(CC1CCS(=O)(=O)C1)Nc1ccc(C(=O)O)cc1Br. The van der Waals surface area contributed by atoms with Crippen molar-refractivity contribution in [2.24, 2.45) is 5.92 Å². The van der Waals surface area contributed by atoms with Crippen molar-refractivity contribution in [3.05, 3.63) is 28.2 Å². The fourth-order valence-electron chi connectivity index (χ4n) is 2.25. The van der Waals surface area contributed by atoms with Crippen molar-refractivity contribution in [2.45, 2.75) is 12.8 Å². The lowest BCUT2D eigenvalue weighted by atomic mass is 10.0. The number of amides is 1. The van der Waals surface area contributed by atoms with Crippen molar-refractivity contribution in [2.75, 3.05) is 16.8 Å². The van der Waals surface area contributed by atoms with Crippen LogP contribution in [0.25, 0.3) is 0 Å². The maximum Gasteiger partial charge on any atom is 0.335 e. The second-order valence-corrected chi connectivity index (χ2v) is 8.10. The molecule has 8 heteroatoms. The van der Waals surface area contributed by atoms with E-state index in [0.29, 0.717) is 16.6 Å². The molecule has 21 heavy (non-hydrogen) atoms. The number of benzene rings is 1. The molecule has 2 rings (SSSR count). The summed E-state index contributed by atoms with van der Waals surface area (Å²) in [6.45, 7) is 0. The molecule has 0 bridgehead atoms. The molecule has 0 saturated carbocycles. The Morgan fingerprint density at radius 3 is 2.62 bits per heavy atom.